The molecule has 2 nitrogen and oxygen atoms in total. The van der Waals surface area contributed by atoms with Gasteiger partial charge in [0.15, 0.2) is 0 Å². The molecule has 2 unspecified atom stereocenters. The van der Waals surface area contributed by atoms with Gasteiger partial charge < -0.3 is 0 Å². The summed E-state index contributed by atoms with van der Waals surface area (Å²) < 4.78 is 15.7. The van der Waals surface area contributed by atoms with Crippen LogP contribution in [0.2, 0.25) is 0 Å². The third-order valence-corrected chi connectivity index (χ3v) is 10.0. The van der Waals surface area contributed by atoms with E-state index in [2.05, 4.69) is 122 Å². The van der Waals surface area contributed by atoms with Gasteiger partial charge in [0, 0.05) is 11.3 Å². The number of halogens is 1. The van der Waals surface area contributed by atoms with Gasteiger partial charge in [-0.25, -0.2) is 9.07 Å². The van der Waals surface area contributed by atoms with E-state index in [1.54, 1.807) is 12.1 Å². The molecule has 0 aliphatic heterocycles. The van der Waals surface area contributed by atoms with Crippen molar-refractivity contribution in [2.45, 2.75) is 25.2 Å². The molecule has 1 heterocycles. The van der Waals surface area contributed by atoms with Gasteiger partial charge in [-0.15, -0.1) is 0 Å². The monoisotopic (exact) mass is 556 g/mol. The first kappa shape index (κ1) is 24.6. The van der Waals surface area contributed by atoms with E-state index < -0.39 is 0 Å². The zero-order valence-corrected chi connectivity index (χ0v) is 24.1. The lowest BCUT2D eigenvalue weighted by Crippen LogP contribution is -2.25. The first-order valence-corrected chi connectivity index (χ1v) is 15.0. The Morgan fingerprint density at radius 2 is 1.35 bits per heavy atom. The van der Waals surface area contributed by atoms with Crippen LogP contribution in [0.25, 0.3) is 54.5 Å². The number of hydrogen-bond acceptors (Lipinski definition) is 1. The van der Waals surface area contributed by atoms with E-state index in [1.807, 2.05) is 12.1 Å². The van der Waals surface area contributed by atoms with Crippen molar-refractivity contribution in [1.82, 2.24) is 9.78 Å². The number of hydrogen-bond donors (Lipinski definition) is 0. The highest BCUT2D eigenvalue weighted by atomic mass is 19.1. The smallest absolute Gasteiger partial charge is 0.123 e. The van der Waals surface area contributed by atoms with E-state index in [4.69, 9.17) is 5.10 Å². The minimum absolute atomic E-state index is 0.0623. The van der Waals surface area contributed by atoms with Crippen LogP contribution < -0.4 is 0 Å². The molecule has 6 aromatic carbocycles. The van der Waals surface area contributed by atoms with Crippen LogP contribution in [0.15, 0.2) is 128 Å². The molecule has 0 fully saturated rings. The van der Waals surface area contributed by atoms with Crippen LogP contribution in [-0.4, -0.2) is 9.78 Å². The largest absolute Gasteiger partial charge is 0.233 e. The highest BCUT2D eigenvalue weighted by Gasteiger charge is 2.46. The first-order chi connectivity index (χ1) is 21.0. The first-order valence-electron chi connectivity index (χ1n) is 15.0. The molecule has 2 aliphatic carbocycles. The Labute approximate surface area is 249 Å². The molecular weight excluding hydrogens is 527 g/mol. The van der Waals surface area contributed by atoms with E-state index in [0.717, 1.165) is 22.3 Å². The standard InChI is InChI=1S/C40H29FN2/c1-40(2)37-19-13-25(24-11-14-26(41)15-12-24)21-35(37)33-18-20-38-36(39(33)40)23-42-43(38)27-16-17-32-30-9-4-3-7-28(30)29-8-5-6-10-31(29)34(32)22-27/h3-23,35,37H,1-2H3. The number of allylic oxidation sites excluding steroid dienone is 4. The van der Waals surface area contributed by atoms with Crippen LogP contribution in [-0.2, 0) is 5.41 Å². The highest BCUT2D eigenvalue weighted by molar-refractivity contribution is 6.25. The van der Waals surface area contributed by atoms with Gasteiger partial charge in [-0.1, -0.05) is 105 Å². The fourth-order valence-corrected chi connectivity index (χ4v) is 8.00. The molecule has 7 aromatic rings. The van der Waals surface area contributed by atoms with Crippen molar-refractivity contribution in [1.29, 1.82) is 0 Å². The lowest BCUT2D eigenvalue weighted by Gasteiger charge is -2.30. The molecule has 0 N–H and O–H groups in total. The predicted molar refractivity (Wildman–Crippen MR) is 176 cm³/mol. The average molecular weight is 557 g/mol. The second kappa shape index (κ2) is 8.75. The van der Waals surface area contributed by atoms with E-state index >= 15 is 0 Å². The van der Waals surface area contributed by atoms with E-state index in [0.29, 0.717) is 5.92 Å². The summed E-state index contributed by atoms with van der Waals surface area (Å²) in [5.41, 5.74) is 7.07. The van der Waals surface area contributed by atoms with Crippen molar-refractivity contribution >= 4 is 48.8 Å². The molecule has 43 heavy (non-hydrogen) atoms. The van der Waals surface area contributed by atoms with Crippen molar-refractivity contribution in [3.05, 3.63) is 150 Å². The van der Waals surface area contributed by atoms with Gasteiger partial charge in [0.25, 0.3) is 0 Å². The summed E-state index contributed by atoms with van der Waals surface area (Å²) in [6, 6.07) is 35.5. The van der Waals surface area contributed by atoms with Crippen LogP contribution in [0.4, 0.5) is 4.39 Å². The summed E-state index contributed by atoms with van der Waals surface area (Å²) in [5, 5.41) is 13.8. The van der Waals surface area contributed by atoms with Crippen molar-refractivity contribution in [3.8, 4) is 5.69 Å². The summed E-state index contributed by atoms with van der Waals surface area (Å²) in [4.78, 5) is 0. The molecule has 3 heteroatoms. The summed E-state index contributed by atoms with van der Waals surface area (Å²) >= 11 is 0. The van der Waals surface area contributed by atoms with E-state index in [-0.39, 0.29) is 17.2 Å². The van der Waals surface area contributed by atoms with Crippen molar-refractivity contribution in [2.75, 3.05) is 0 Å². The molecule has 0 bridgehead atoms. The summed E-state index contributed by atoms with van der Waals surface area (Å²) in [5.74, 6) is 0.408. The molecule has 0 radical (unpaired) electrons. The third kappa shape index (κ3) is 3.42. The van der Waals surface area contributed by atoms with Gasteiger partial charge in [-0.3, -0.25) is 0 Å². The molecule has 0 saturated heterocycles. The maximum atomic E-state index is 13.6. The molecule has 2 aliphatic rings. The highest BCUT2D eigenvalue weighted by Crippen LogP contribution is 2.56. The Morgan fingerprint density at radius 3 is 2.05 bits per heavy atom. The molecule has 1 aromatic heterocycles. The lowest BCUT2D eigenvalue weighted by molar-refractivity contribution is 0.397. The average Bonchev–Trinajstić information content (AvgIpc) is 3.57. The van der Waals surface area contributed by atoms with Gasteiger partial charge in [-0.05, 0) is 96.2 Å². The second-order valence-corrected chi connectivity index (χ2v) is 12.6. The molecule has 0 saturated carbocycles. The molecule has 0 amide bonds. The number of benzene rings is 6. The lowest BCUT2D eigenvalue weighted by atomic mass is 9.73. The fourth-order valence-electron chi connectivity index (χ4n) is 8.00. The van der Waals surface area contributed by atoms with Crippen molar-refractivity contribution in [3.63, 3.8) is 0 Å². The quantitative estimate of drug-likeness (QED) is 0.194. The van der Waals surface area contributed by atoms with Gasteiger partial charge in [0.2, 0.25) is 0 Å². The SMILES string of the molecule is CC1(C)c2c(ccc3c2cnn3-c2ccc3c4ccccc4c4ccccc4c3c2)C2C=C(c3ccc(F)cc3)C=CC21. The number of rotatable bonds is 2. The summed E-state index contributed by atoms with van der Waals surface area (Å²) in [7, 11) is 0. The van der Waals surface area contributed by atoms with Crippen LogP contribution in [0, 0.1) is 11.7 Å². The van der Waals surface area contributed by atoms with Gasteiger partial charge in [0.05, 0.1) is 17.4 Å². The molecule has 9 rings (SSSR count). The normalized spacial score (nSPS) is 18.8. The van der Waals surface area contributed by atoms with Gasteiger partial charge >= 0.3 is 0 Å². The zero-order valence-electron chi connectivity index (χ0n) is 24.1. The zero-order chi connectivity index (χ0) is 28.9. The second-order valence-electron chi connectivity index (χ2n) is 12.6. The number of aromatic nitrogens is 2. The minimum atomic E-state index is -0.207. The maximum absolute atomic E-state index is 13.6. The van der Waals surface area contributed by atoms with Crippen LogP contribution in [0.1, 0.15) is 36.5 Å². The van der Waals surface area contributed by atoms with Crippen LogP contribution in [0.5, 0.6) is 0 Å². The Kier molecular flexibility index (Phi) is 5.00. The Morgan fingerprint density at radius 1 is 0.698 bits per heavy atom. The number of nitrogens with zero attached hydrogens (tertiary/aromatic N) is 2. The van der Waals surface area contributed by atoms with E-state index in [9.17, 15) is 4.39 Å². The Balaban J connectivity index is 1.21. The molecule has 2 atom stereocenters. The van der Waals surface area contributed by atoms with Crippen molar-refractivity contribution in [2.24, 2.45) is 5.92 Å². The van der Waals surface area contributed by atoms with E-state index in [1.165, 1.54) is 48.8 Å². The maximum Gasteiger partial charge on any atom is 0.123 e. The topological polar surface area (TPSA) is 17.8 Å². The Hall–Kier alpha value is -5.02. The predicted octanol–water partition coefficient (Wildman–Crippen LogP) is 10.3. The minimum Gasteiger partial charge on any atom is -0.233 e. The molecular formula is C40H29FN2. The fraction of sp³-hybridized carbons (Fsp3) is 0.125. The van der Waals surface area contributed by atoms with Crippen molar-refractivity contribution < 1.29 is 4.39 Å². The summed E-state index contributed by atoms with van der Waals surface area (Å²) in [6.45, 7) is 4.73. The van der Waals surface area contributed by atoms with Gasteiger partial charge in [0.1, 0.15) is 5.82 Å². The van der Waals surface area contributed by atoms with Crippen LogP contribution in [0.3, 0.4) is 0 Å². The molecule has 0 spiro atoms. The molecule has 206 valence electrons. The Bertz CT molecular complexity index is 2300. The van der Waals surface area contributed by atoms with Gasteiger partial charge in [-0.2, -0.15) is 5.10 Å². The third-order valence-electron chi connectivity index (χ3n) is 10.0. The summed E-state index contributed by atoms with van der Waals surface area (Å²) in [6.07, 6.45) is 9.01. The number of fused-ring (bicyclic) bond motifs is 11. The van der Waals surface area contributed by atoms with Crippen LogP contribution >= 0.6 is 0 Å².